The number of nitro benzene ring substituents is 1. The number of nitrogens with one attached hydrogen (secondary N) is 1. The maximum Gasteiger partial charge on any atom is 0.327 e. The molecule has 0 heterocycles. The molecule has 0 aromatic heterocycles. The van der Waals surface area contributed by atoms with E-state index in [1.54, 1.807) is 19.1 Å². The summed E-state index contributed by atoms with van der Waals surface area (Å²) in [4.78, 5) is 21.4. The molecule has 0 spiro atoms. The molecule has 0 amide bonds. The number of nitrogens with zero attached hydrogens (tertiary/aromatic N) is 1. The van der Waals surface area contributed by atoms with Crippen molar-refractivity contribution in [3.63, 3.8) is 0 Å². The van der Waals surface area contributed by atoms with Crippen molar-refractivity contribution in [1.82, 2.24) is 0 Å². The normalized spacial score (nSPS) is 11.7. The van der Waals surface area contributed by atoms with Crippen LogP contribution in [0, 0.1) is 10.1 Å². The highest BCUT2D eigenvalue weighted by atomic mass is 79.9. The highest BCUT2D eigenvalue weighted by molar-refractivity contribution is 9.10. The number of benzene rings is 1. The van der Waals surface area contributed by atoms with E-state index in [1.807, 2.05) is 0 Å². The number of esters is 1. The fourth-order valence-corrected chi connectivity index (χ4v) is 1.62. The quantitative estimate of drug-likeness (QED) is 0.524. The molecule has 17 heavy (non-hydrogen) atoms. The van der Waals surface area contributed by atoms with E-state index in [0.717, 1.165) is 0 Å². The largest absolute Gasteiger partial charge is 0.467 e. The van der Waals surface area contributed by atoms with Crippen LogP contribution in [-0.4, -0.2) is 24.0 Å². The predicted octanol–water partition coefficient (Wildman–Crippen LogP) is 2.33. The molecule has 0 fully saturated rings. The van der Waals surface area contributed by atoms with Crippen LogP contribution < -0.4 is 5.32 Å². The number of carbonyl (C=O) groups is 1. The van der Waals surface area contributed by atoms with Gasteiger partial charge in [-0.15, -0.1) is 0 Å². The molecule has 0 saturated heterocycles. The fraction of sp³-hybridized carbons (Fsp3) is 0.300. The predicted molar refractivity (Wildman–Crippen MR) is 65.9 cm³/mol. The molecule has 0 aliphatic carbocycles. The Morgan fingerprint density at radius 1 is 1.59 bits per heavy atom. The summed E-state index contributed by atoms with van der Waals surface area (Å²) in [5.74, 6) is -0.435. The third kappa shape index (κ3) is 3.42. The first kappa shape index (κ1) is 13.4. The first-order valence-corrected chi connectivity index (χ1v) is 5.53. The van der Waals surface area contributed by atoms with Gasteiger partial charge in [-0.1, -0.05) is 0 Å². The Morgan fingerprint density at radius 3 is 2.76 bits per heavy atom. The lowest BCUT2D eigenvalue weighted by Gasteiger charge is -2.12. The zero-order valence-corrected chi connectivity index (χ0v) is 10.9. The zero-order chi connectivity index (χ0) is 13.0. The molecule has 1 unspecified atom stereocenters. The highest BCUT2D eigenvalue weighted by Crippen LogP contribution is 2.28. The molecule has 0 radical (unpaired) electrons. The lowest BCUT2D eigenvalue weighted by Crippen LogP contribution is -2.27. The second kappa shape index (κ2) is 5.62. The first-order chi connectivity index (χ1) is 7.95. The van der Waals surface area contributed by atoms with Gasteiger partial charge in [-0.25, -0.2) is 4.79 Å². The molecule has 6 nitrogen and oxygen atoms in total. The molecule has 0 aliphatic heterocycles. The van der Waals surface area contributed by atoms with Crippen LogP contribution in [0.1, 0.15) is 6.92 Å². The van der Waals surface area contributed by atoms with Crippen molar-refractivity contribution < 1.29 is 14.5 Å². The third-order valence-corrected chi connectivity index (χ3v) is 2.75. The summed E-state index contributed by atoms with van der Waals surface area (Å²) >= 11 is 3.08. The monoisotopic (exact) mass is 302 g/mol. The number of hydrogen-bond donors (Lipinski definition) is 1. The number of anilines is 1. The number of nitro groups is 1. The summed E-state index contributed by atoms with van der Waals surface area (Å²) in [7, 11) is 1.28. The second-order valence-corrected chi connectivity index (χ2v) is 4.17. The number of methoxy groups -OCH3 is 1. The maximum atomic E-state index is 11.2. The van der Waals surface area contributed by atoms with Crippen molar-refractivity contribution in [3.8, 4) is 0 Å². The molecule has 1 aromatic carbocycles. The molecule has 92 valence electrons. The Labute approximate surface area is 106 Å². The van der Waals surface area contributed by atoms with Crippen molar-refractivity contribution in [2.75, 3.05) is 12.4 Å². The molecule has 1 atom stereocenters. The minimum absolute atomic E-state index is 0.0629. The van der Waals surface area contributed by atoms with Gasteiger partial charge in [-0.2, -0.15) is 0 Å². The lowest BCUT2D eigenvalue weighted by molar-refractivity contribution is -0.385. The standard InChI is InChI=1S/C10H11BrN2O4/c1-6(10(14)17-2)12-7-3-4-8(11)9(5-7)13(15)16/h3-6,12H,1-2H3. The Morgan fingerprint density at radius 2 is 2.24 bits per heavy atom. The van der Waals surface area contributed by atoms with E-state index in [0.29, 0.717) is 10.2 Å². The Bertz CT molecular complexity index is 450. The van der Waals surface area contributed by atoms with Crippen LogP contribution in [-0.2, 0) is 9.53 Å². The van der Waals surface area contributed by atoms with E-state index in [-0.39, 0.29) is 5.69 Å². The van der Waals surface area contributed by atoms with Crippen LogP contribution in [0.25, 0.3) is 0 Å². The van der Waals surface area contributed by atoms with Gasteiger partial charge in [0.05, 0.1) is 16.5 Å². The van der Waals surface area contributed by atoms with Gasteiger partial charge in [0.1, 0.15) is 6.04 Å². The minimum atomic E-state index is -0.569. The Hall–Kier alpha value is -1.63. The smallest absolute Gasteiger partial charge is 0.327 e. The van der Waals surface area contributed by atoms with Gasteiger partial charge < -0.3 is 10.1 Å². The topological polar surface area (TPSA) is 81.5 Å². The second-order valence-electron chi connectivity index (χ2n) is 3.31. The average Bonchev–Trinajstić information content (AvgIpc) is 2.30. The fourth-order valence-electron chi connectivity index (χ4n) is 1.23. The van der Waals surface area contributed by atoms with E-state index in [2.05, 4.69) is 26.0 Å². The number of ether oxygens (including phenoxy) is 1. The molecular weight excluding hydrogens is 292 g/mol. The molecule has 0 bridgehead atoms. The summed E-state index contributed by atoms with van der Waals surface area (Å²) in [6.45, 7) is 1.61. The summed E-state index contributed by atoms with van der Waals surface area (Å²) < 4.78 is 4.93. The van der Waals surface area contributed by atoms with E-state index in [9.17, 15) is 14.9 Å². The Balaban J connectivity index is 2.90. The molecule has 0 saturated carbocycles. The summed E-state index contributed by atoms with van der Waals surface area (Å²) in [5, 5.41) is 13.5. The van der Waals surface area contributed by atoms with Crippen LogP contribution in [0.4, 0.5) is 11.4 Å². The van der Waals surface area contributed by atoms with Crippen LogP contribution in [0.15, 0.2) is 22.7 Å². The van der Waals surface area contributed by atoms with Gasteiger partial charge >= 0.3 is 5.97 Å². The van der Waals surface area contributed by atoms with Gasteiger partial charge in [0.25, 0.3) is 5.69 Å². The van der Waals surface area contributed by atoms with Crippen LogP contribution >= 0.6 is 15.9 Å². The van der Waals surface area contributed by atoms with Crippen molar-refractivity contribution >= 4 is 33.3 Å². The number of carbonyl (C=O) groups excluding carboxylic acids is 1. The molecule has 1 rings (SSSR count). The van der Waals surface area contributed by atoms with E-state index >= 15 is 0 Å². The third-order valence-electron chi connectivity index (χ3n) is 2.08. The van der Waals surface area contributed by atoms with Gasteiger partial charge in [0.15, 0.2) is 0 Å². The zero-order valence-electron chi connectivity index (χ0n) is 9.27. The molecule has 7 heteroatoms. The highest BCUT2D eigenvalue weighted by Gasteiger charge is 2.16. The van der Waals surface area contributed by atoms with Crippen molar-refractivity contribution in [2.24, 2.45) is 0 Å². The number of halogens is 1. The van der Waals surface area contributed by atoms with Gasteiger partial charge in [-0.3, -0.25) is 10.1 Å². The minimum Gasteiger partial charge on any atom is -0.467 e. The van der Waals surface area contributed by atoms with Gasteiger partial charge in [-0.05, 0) is 35.0 Å². The van der Waals surface area contributed by atoms with Crippen molar-refractivity contribution in [1.29, 1.82) is 0 Å². The number of rotatable bonds is 4. The lowest BCUT2D eigenvalue weighted by atomic mass is 10.2. The molecule has 1 N–H and O–H groups in total. The van der Waals surface area contributed by atoms with Crippen molar-refractivity contribution in [3.05, 3.63) is 32.8 Å². The van der Waals surface area contributed by atoms with E-state index in [4.69, 9.17) is 0 Å². The van der Waals surface area contributed by atoms with Crippen LogP contribution in [0.3, 0.4) is 0 Å². The summed E-state index contributed by atoms with van der Waals surface area (Å²) in [6, 6.07) is 3.96. The van der Waals surface area contributed by atoms with E-state index in [1.165, 1.54) is 13.2 Å². The SMILES string of the molecule is COC(=O)C(C)Nc1ccc(Br)c([N+](=O)[O-])c1. The van der Waals surface area contributed by atoms with E-state index < -0.39 is 16.9 Å². The summed E-state index contributed by atoms with van der Waals surface area (Å²) in [5.41, 5.74) is 0.421. The molecule has 1 aromatic rings. The van der Waals surface area contributed by atoms with Gasteiger partial charge in [0, 0.05) is 11.8 Å². The van der Waals surface area contributed by atoms with Gasteiger partial charge in [0.2, 0.25) is 0 Å². The number of hydrogen-bond acceptors (Lipinski definition) is 5. The maximum absolute atomic E-state index is 11.2. The van der Waals surface area contributed by atoms with Crippen LogP contribution in [0.5, 0.6) is 0 Å². The van der Waals surface area contributed by atoms with Crippen LogP contribution in [0.2, 0.25) is 0 Å². The molecular formula is C10H11BrN2O4. The summed E-state index contributed by atoms with van der Waals surface area (Å²) in [6.07, 6.45) is 0. The Kier molecular flexibility index (Phi) is 4.45. The first-order valence-electron chi connectivity index (χ1n) is 4.74. The van der Waals surface area contributed by atoms with Crippen molar-refractivity contribution in [2.45, 2.75) is 13.0 Å². The molecule has 0 aliphatic rings. The average molecular weight is 303 g/mol.